The monoisotopic (exact) mass is 339 g/mol. The van der Waals surface area contributed by atoms with E-state index in [-0.39, 0.29) is 17.7 Å². The third-order valence-corrected chi connectivity index (χ3v) is 6.34. The van der Waals surface area contributed by atoms with Crippen LogP contribution in [0, 0.1) is 36.4 Å². The molecule has 0 heterocycles. The summed E-state index contributed by atoms with van der Waals surface area (Å²) in [4.78, 5) is 23.7. The zero-order valence-corrected chi connectivity index (χ0v) is 13.3. The number of rotatable bonds is 5. The number of carboxylic acids is 2. The fraction of sp³-hybridized carbons (Fsp3) is 0.500. The van der Waals surface area contributed by atoms with Crippen molar-refractivity contribution in [3.05, 3.63) is 29.6 Å². The zero-order valence-electron chi connectivity index (χ0n) is 12.5. The van der Waals surface area contributed by atoms with Crippen LogP contribution in [0.3, 0.4) is 0 Å². The molecule has 0 saturated heterocycles. The molecule has 5 atom stereocenters. The SMILES string of the molecule is Cc1cc(SCC2CC3C(C(=O)O)C3[C@]2(N)C(=O)O)ccc1F. The largest absolute Gasteiger partial charge is 0.481 e. The first kappa shape index (κ1) is 16.3. The van der Waals surface area contributed by atoms with Gasteiger partial charge in [-0.1, -0.05) is 0 Å². The van der Waals surface area contributed by atoms with Crippen molar-refractivity contribution in [3.8, 4) is 0 Å². The van der Waals surface area contributed by atoms with E-state index >= 15 is 0 Å². The first-order chi connectivity index (χ1) is 10.8. The molecule has 1 aromatic carbocycles. The van der Waals surface area contributed by atoms with Crippen molar-refractivity contribution in [1.29, 1.82) is 0 Å². The highest BCUT2D eigenvalue weighted by Crippen LogP contribution is 2.64. The lowest BCUT2D eigenvalue weighted by Crippen LogP contribution is -2.55. The van der Waals surface area contributed by atoms with Crippen molar-refractivity contribution in [3.63, 3.8) is 0 Å². The molecule has 0 amide bonds. The molecular formula is C16H18FNO4S. The van der Waals surface area contributed by atoms with Gasteiger partial charge in [-0.2, -0.15) is 0 Å². The number of aliphatic carboxylic acids is 2. The van der Waals surface area contributed by atoms with Crippen molar-refractivity contribution < 1.29 is 24.2 Å². The Morgan fingerprint density at radius 3 is 2.70 bits per heavy atom. The van der Waals surface area contributed by atoms with E-state index in [9.17, 15) is 19.1 Å². The van der Waals surface area contributed by atoms with Crippen LogP contribution < -0.4 is 5.73 Å². The molecule has 0 spiro atoms. The molecule has 0 aliphatic heterocycles. The van der Waals surface area contributed by atoms with E-state index < -0.39 is 29.3 Å². The molecule has 0 bridgehead atoms. The molecule has 1 aromatic rings. The van der Waals surface area contributed by atoms with Gasteiger partial charge in [0.2, 0.25) is 0 Å². The highest BCUT2D eigenvalue weighted by Gasteiger charge is 2.73. The predicted molar refractivity (Wildman–Crippen MR) is 82.6 cm³/mol. The van der Waals surface area contributed by atoms with E-state index in [1.807, 2.05) is 0 Å². The van der Waals surface area contributed by atoms with Crippen LogP contribution in [0.25, 0.3) is 0 Å². The van der Waals surface area contributed by atoms with Crippen molar-refractivity contribution >= 4 is 23.7 Å². The minimum atomic E-state index is -1.49. The summed E-state index contributed by atoms with van der Waals surface area (Å²) in [5.74, 6) is -3.45. The summed E-state index contributed by atoms with van der Waals surface area (Å²) in [5.41, 5.74) is 5.19. The molecule has 2 aliphatic carbocycles. The maximum Gasteiger partial charge on any atom is 0.324 e. The van der Waals surface area contributed by atoms with Gasteiger partial charge in [0.25, 0.3) is 0 Å². The third-order valence-electron chi connectivity index (χ3n) is 5.19. The molecule has 3 rings (SSSR count). The molecule has 5 nitrogen and oxygen atoms in total. The summed E-state index contributed by atoms with van der Waals surface area (Å²) in [5, 5.41) is 18.7. The molecule has 2 fully saturated rings. The zero-order chi connectivity index (χ0) is 16.9. The summed E-state index contributed by atoms with van der Waals surface area (Å²) in [6.45, 7) is 1.67. The minimum absolute atomic E-state index is 0.144. The van der Waals surface area contributed by atoms with Gasteiger partial charge in [-0.15, -0.1) is 11.8 Å². The number of fused-ring (bicyclic) bond motifs is 1. The topological polar surface area (TPSA) is 101 Å². The van der Waals surface area contributed by atoms with Gasteiger partial charge in [0.15, 0.2) is 0 Å². The maximum absolute atomic E-state index is 13.3. The lowest BCUT2D eigenvalue weighted by atomic mass is 9.82. The van der Waals surface area contributed by atoms with Crippen LogP contribution in [0.15, 0.2) is 23.1 Å². The molecule has 0 aromatic heterocycles. The lowest BCUT2D eigenvalue weighted by molar-refractivity contribution is -0.147. The first-order valence-corrected chi connectivity index (χ1v) is 8.39. The Labute approximate surface area is 137 Å². The van der Waals surface area contributed by atoms with Crippen molar-refractivity contribution in [2.24, 2.45) is 29.4 Å². The summed E-state index contributed by atoms with van der Waals surface area (Å²) < 4.78 is 13.3. The Balaban J connectivity index is 1.72. The number of carbonyl (C=O) groups is 2. The van der Waals surface area contributed by atoms with Gasteiger partial charge in [-0.3, -0.25) is 9.59 Å². The second-order valence-corrected chi connectivity index (χ2v) is 7.54. The molecule has 2 aliphatic rings. The Morgan fingerprint density at radius 1 is 1.43 bits per heavy atom. The number of nitrogens with two attached hydrogens (primary N) is 1. The Hall–Kier alpha value is -1.60. The van der Waals surface area contributed by atoms with E-state index in [2.05, 4.69) is 0 Å². The second-order valence-electron chi connectivity index (χ2n) is 6.45. The van der Waals surface area contributed by atoms with Crippen LogP contribution in [0.4, 0.5) is 4.39 Å². The number of hydrogen-bond acceptors (Lipinski definition) is 4. The predicted octanol–water partition coefficient (Wildman–Crippen LogP) is 1.98. The van der Waals surface area contributed by atoms with E-state index in [0.717, 1.165) is 4.90 Å². The molecule has 0 radical (unpaired) electrons. The Kier molecular flexibility index (Phi) is 3.88. The minimum Gasteiger partial charge on any atom is -0.481 e. The third kappa shape index (κ3) is 2.52. The molecule has 124 valence electrons. The van der Waals surface area contributed by atoms with Crippen LogP contribution in [-0.4, -0.2) is 33.4 Å². The van der Waals surface area contributed by atoms with Gasteiger partial charge in [0, 0.05) is 16.6 Å². The fourth-order valence-corrected chi connectivity index (χ4v) is 5.11. The molecule has 4 N–H and O–H groups in total. The van der Waals surface area contributed by atoms with Crippen LogP contribution in [-0.2, 0) is 9.59 Å². The Bertz CT molecular complexity index is 682. The normalized spacial score (nSPS) is 34.9. The molecule has 2 saturated carbocycles. The van der Waals surface area contributed by atoms with E-state index in [1.54, 1.807) is 19.1 Å². The average Bonchev–Trinajstić information content (AvgIpc) is 3.13. The van der Waals surface area contributed by atoms with Gasteiger partial charge in [-0.05, 0) is 48.9 Å². The van der Waals surface area contributed by atoms with Gasteiger partial charge < -0.3 is 15.9 Å². The first-order valence-electron chi connectivity index (χ1n) is 7.40. The molecule has 23 heavy (non-hydrogen) atoms. The van der Waals surface area contributed by atoms with Crippen molar-refractivity contribution in [2.45, 2.75) is 23.8 Å². The number of hydrogen-bond donors (Lipinski definition) is 3. The molecule has 7 heteroatoms. The number of carboxylic acid groups (broad SMARTS) is 2. The second kappa shape index (κ2) is 5.49. The van der Waals surface area contributed by atoms with Gasteiger partial charge >= 0.3 is 11.9 Å². The maximum atomic E-state index is 13.3. The van der Waals surface area contributed by atoms with E-state index in [1.165, 1.54) is 17.8 Å². The number of benzene rings is 1. The summed E-state index contributed by atoms with van der Waals surface area (Å²) in [6, 6.07) is 4.76. The Morgan fingerprint density at radius 2 is 2.13 bits per heavy atom. The van der Waals surface area contributed by atoms with Gasteiger partial charge in [0.1, 0.15) is 11.4 Å². The van der Waals surface area contributed by atoms with Crippen LogP contribution in [0.5, 0.6) is 0 Å². The number of aryl methyl sites for hydroxylation is 1. The van der Waals surface area contributed by atoms with Crippen LogP contribution >= 0.6 is 11.8 Å². The highest BCUT2D eigenvalue weighted by molar-refractivity contribution is 7.99. The fourth-order valence-electron chi connectivity index (χ4n) is 3.88. The van der Waals surface area contributed by atoms with Gasteiger partial charge in [0.05, 0.1) is 5.92 Å². The summed E-state index contributed by atoms with van der Waals surface area (Å²) in [6.07, 6.45) is 0.512. The number of halogens is 1. The summed E-state index contributed by atoms with van der Waals surface area (Å²) in [7, 11) is 0. The lowest BCUT2D eigenvalue weighted by Gasteiger charge is -2.30. The van der Waals surface area contributed by atoms with Crippen molar-refractivity contribution in [1.82, 2.24) is 0 Å². The van der Waals surface area contributed by atoms with E-state index in [0.29, 0.717) is 17.7 Å². The van der Waals surface area contributed by atoms with Crippen LogP contribution in [0.1, 0.15) is 12.0 Å². The van der Waals surface area contributed by atoms with Crippen molar-refractivity contribution in [2.75, 3.05) is 5.75 Å². The van der Waals surface area contributed by atoms with Crippen LogP contribution in [0.2, 0.25) is 0 Å². The summed E-state index contributed by atoms with van der Waals surface area (Å²) >= 11 is 1.44. The smallest absolute Gasteiger partial charge is 0.324 e. The highest BCUT2D eigenvalue weighted by atomic mass is 32.2. The van der Waals surface area contributed by atoms with E-state index in [4.69, 9.17) is 10.8 Å². The standard InChI is InChI=1S/C16H18FNO4S/c1-7-4-9(2-3-11(7)17)23-6-8-5-10-12(14(19)20)13(10)16(8,18)15(21)22/h2-4,8,10,12-13H,5-6,18H2,1H3,(H,19,20)(H,21,22)/t8?,10?,12?,13?,16-/m0/s1. The number of thioether (sulfide) groups is 1. The molecular weight excluding hydrogens is 321 g/mol. The molecule has 4 unspecified atom stereocenters. The van der Waals surface area contributed by atoms with Gasteiger partial charge in [-0.25, -0.2) is 4.39 Å². The quantitative estimate of drug-likeness (QED) is 0.709. The average molecular weight is 339 g/mol.